The van der Waals surface area contributed by atoms with Crippen molar-refractivity contribution in [1.82, 2.24) is 15.1 Å². The Morgan fingerprint density at radius 3 is 2.81 bits per heavy atom. The summed E-state index contributed by atoms with van der Waals surface area (Å²) in [5, 5.41) is 15.8. The van der Waals surface area contributed by atoms with Crippen LogP contribution >= 0.6 is 0 Å². The average molecular weight is 285 g/mol. The SMILES string of the molecule is O=C(O)c1ccn(-c2cccc(CNC(=O)C3CC3)c2)n1. The molecule has 2 aromatic rings. The first-order valence-corrected chi connectivity index (χ1v) is 6.79. The number of hydrogen-bond acceptors (Lipinski definition) is 3. The number of aromatic nitrogens is 2. The molecule has 0 unspecified atom stereocenters. The molecule has 108 valence electrons. The summed E-state index contributed by atoms with van der Waals surface area (Å²) in [5.41, 5.74) is 1.72. The molecule has 1 aromatic heterocycles. The van der Waals surface area contributed by atoms with Gasteiger partial charge in [0.15, 0.2) is 5.69 Å². The third-order valence-electron chi connectivity index (χ3n) is 3.40. The van der Waals surface area contributed by atoms with Gasteiger partial charge in [-0.05, 0) is 36.6 Å². The van der Waals surface area contributed by atoms with Crippen molar-refractivity contribution in [3.63, 3.8) is 0 Å². The van der Waals surface area contributed by atoms with Crippen molar-refractivity contribution in [2.24, 2.45) is 5.92 Å². The first-order chi connectivity index (χ1) is 10.1. The highest BCUT2D eigenvalue weighted by molar-refractivity contribution is 5.85. The monoisotopic (exact) mass is 285 g/mol. The standard InChI is InChI=1S/C15H15N3O3/c19-14(11-4-5-11)16-9-10-2-1-3-12(8-10)18-7-6-13(17-18)15(20)21/h1-3,6-8,11H,4-5,9H2,(H,16,19)(H,20,21). The molecule has 0 aliphatic heterocycles. The quantitative estimate of drug-likeness (QED) is 0.874. The minimum Gasteiger partial charge on any atom is -0.476 e. The Labute approximate surface area is 121 Å². The molecule has 1 amide bonds. The highest BCUT2D eigenvalue weighted by Crippen LogP contribution is 2.28. The molecule has 6 heteroatoms. The van der Waals surface area contributed by atoms with Gasteiger partial charge in [-0.1, -0.05) is 12.1 Å². The molecule has 6 nitrogen and oxygen atoms in total. The van der Waals surface area contributed by atoms with Crippen molar-refractivity contribution in [2.45, 2.75) is 19.4 Å². The molecule has 0 atom stereocenters. The summed E-state index contributed by atoms with van der Waals surface area (Å²) in [4.78, 5) is 22.5. The Morgan fingerprint density at radius 2 is 2.14 bits per heavy atom. The van der Waals surface area contributed by atoms with Gasteiger partial charge in [-0.3, -0.25) is 4.79 Å². The number of amides is 1. The topological polar surface area (TPSA) is 84.2 Å². The van der Waals surface area contributed by atoms with Gasteiger partial charge >= 0.3 is 5.97 Å². The first kappa shape index (κ1) is 13.4. The molecule has 1 aliphatic rings. The van der Waals surface area contributed by atoms with Crippen LogP contribution < -0.4 is 5.32 Å². The van der Waals surface area contributed by atoms with Crippen LogP contribution in [0.15, 0.2) is 36.5 Å². The Kier molecular flexibility index (Phi) is 3.43. The van der Waals surface area contributed by atoms with Crippen LogP contribution in [0.1, 0.15) is 28.9 Å². The molecule has 2 N–H and O–H groups in total. The van der Waals surface area contributed by atoms with E-state index in [1.807, 2.05) is 24.3 Å². The van der Waals surface area contributed by atoms with E-state index in [4.69, 9.17) is 5.11 Å². The van der Waals surface area contributed by atoms with E-state index >= 15 is 0 Å². The van der Waals surface area contributed by atoms with Crippen molar-refractivity contribution in [3.8, 4) is 5.69 Å². The number of benzene rings is 1. The lowest BCUT2D eigenvalue weighted by atomic mass is 10.2. The van der Waals surface area contributed by atoms with Crippen LogP contribution in [0.25, 0.3) is 5.69 Å². The van der Waals surface area contributed by atoms with Gasteiger partial charge in [-0.15, -0.1) is 0 Å². The van der Waals surface area contributed by atoms with Crippen molar-refractivity contribution in [3.05, 3.63) is 47.8 Å². The molecule has 1 saturated carbocycles. The van der Waals surface area contributed by atoms with Crippen LogP contribution in [0.5, 0.6) is 0 Å². The second-order valence-electron chi connectivity index (χ2n) is 5.11. The molecule has 1 heterocycles. The summed E-state index contributed by atoms with van der Waals surface area (Å²) < 4.78 is 1.51. The van der Waals surface area contributed by atoms with Crippen molar-refractivity contribution in [2.75, 3.05) is 0 Å². The molecule has 1 aromatic carbocycles. The molecule has 0 spiro atoms. The number of carbonyl (C=O) groups excluding carboxylic acids is 1. The molecular formula is C15H15N3O3. The fraction of sp³-hybridized carbons (Fsp3) is 0.267. The van der Waals surface area contributed by atoms with E-state index in [-0.39, 0.29) is 17.5 Å². The summed E-state index contributed by atoms with van der Waals surface area (Å²) in [7, 11) is 0. The smallest absolute Gasteiger partial charge is 0.356 e. The first-order valence-electron chi connectivity index (χ1n) is 6.79. The van der Waals surface area contributed by atoms with Crippen molar-refractivity contribution in [1.29, 1.82) is 0 Å². The fourth-order valence-corrected chi connectivity index (χ4v) is 2.07. The van der Waals surface area contributed by atoms with Gasteiger partial charge in [0.05, 0.1) is 5.69 Å². The summed E-state index contributed by atoms with van der Waals surface area (Å²) in [5.74, 6) is -0.758. The van der Waals surface area contributed by atoms with E-state index in [1.165, 1.54) is 10.7 Å². The maximum absolute atomic E-state index is 11.6. The largest absolute Gasteiger partial charge is 0.476 e. The Balaban J connectivity index is 1.72. The molecule has 0 bridgehead atoms. The van der Waals surface area contributed by atoms with Crippen LogP contribution in [0.3, 0.4) is 0 Å². The van der Waals surface area contributed by atoms with Gasteiger partial charge in [0.25, 0.3) is 0 Å². The van der Waals surface area contributed by atoms with Crippen molar-refractivity contribution >= 4 is 11.9 Å². The minimum atomic E-state index is -1.05. The van der Waals surface area contributed by atoms with E-state index in [1.54, 1.807) is 6.20 Å². The second-order valence-corrected chi connectivity index (χ2v) is 5.11. The number of nitrogens with zero attached hydrogens (tertiary/aromatic N) is 2. The van der Waals surface area contributed by atoms with E-state index in [9.17, 15) is 9.59 Å². The summed E-state index contributed by atoms with van der Waals surface area (Å²) >= 11 is 0. The average Bonchev–Trinajstić information content (AvgIpc) is 3.21. The number of carboxylic acid groups (broad SMARTS) is 1. The molecule has 0 saturated heterocycles. The van der Waals surface area contributed by atoms with Crippen LogP contribution in [-0.2, 0) is 11.3 Å². The zero-order valence-corrected chi connectivity index (χ0v) is 11.3. The van der Waals surface area contributed by atoms with Gasteiger partial charge < -0.3 is 10.4 Å². The number of rotatable bonds is 5. The van der Waals surface area contributed by atoms with Crippen LogP contribution in [0.4, 0.5) is 0 Å². The van der Waals surface area contributed by atoms with Gasteiger partial charge in [0.2, 0.25) is 5.91 Å². The highest BCUT2D eigenvalue weighted by Gasteiger charge is 2.29. The number of carboxylic acids is 1. The number of hydrogen-bond donors (Lipinski definition) is 2. The summed E-state index contributed by atoms with van der Waals surface area (Å²) in [6.45, 7) is 0.468. The minimum absolute atomic E-state index is 0.00226. The maximum Gasteiger partial charge on any atom is 0.356 e. The van der Waals surface area contributed by atoms with Gasteiger partial charge in [-0.2, -0.15) is 5.10 Å². The normalized spacial score (nSPS) is 13.9. The van der Waals surface area contributed by atoms with Crippen LogP contribution in [0.2, 0.25) is 0 Å². The molecule has 0 radical (unpaired) electrons. The van der Waals surface area contributed by atoms with Crippen LogP contribution in [-0.4, -0.2) is 26.8 Å². The molecule has 1 fully saturated rings. The fourth-order valence-electron chi connectivity index (χ4n) is 2.07. The number of carbonyl (C=O) groups is 2. The van der Waals surface area contributed by atoms with Crippen LogP contribution in [0, 0.1) is 5.92 Å². The van der Waals surface area contributed by atoms with E-state index in [0.717, 1.165) is 24.1 Å². The molecule has 21 heavy (non-hydrogen) atoms. The molecule has 3 rings (SSSR count). The Morgan fingerprint density at radius 1 is 1.33 bits per heavy atom. The summed E-state index contributed by atoms with van der Waals surface area (Å²) in [6.07, 6.45) is 3.57. The zero-order valence-electron chi connectivity index (χ0n) is 11.3. The summed E-state index contributed by atoms with van der Waals surface area (Å²) in [6, 6.07) is 8.94. The Hall–Kier alpha value is -2.63. The third-order valence-corrected chi connectivity index (χ3v) is 3.40. The lowest BCUT2D eigenvalue weighted by Crippen LogP contribution is -2.24. The van der Waals surface area contributed by atoms with Gasteiger partial charge in [-0.25, -0.2) is 9.48 Å². The third kappa shape index (κ3) is 3.10. The zero-order chi connectivity index (χ0) is 14.8. The Bertz CT molecular complexity index is 689. The van der Waals surface area contributed by atoms with Gasteiger partial charge in [0, 0.05) is 18.7 Å². The second kappa shape index (κ2) is 5.40. The molecule has 1 aliphatic carbocycles. The van der Waals surface area contributed by atoms with E-state index < -0.39 is 5.97 Å². The molecular weight excluding hydrogens is 270 g/mol. The predicted molar refractivity (Wildman–Crippen MR) is 75.1 cm³/mol. The predicted octanol–water partition coefficient (Wildman–Crippen LogP) is 1.60. The lowest BCUT2D eigenvalue weighted by molar-refractivity contribution is -0.122. The van der Waals surface area contributed by atoms with E-state index in [2.05, 4.69) is 10.4 Å². The number of nitrogens with one attached hydrogen (secondary N) is 1. The highest BCUT2D eigenvalue weighted by atomic mass is 16.4. The number of aromatic carboxylic acids is 1. The maximum atomic E-state index is 11.6. The van der Waals surface area contributed by atoms with Crippen molar-refractivity contribution < 1.29 is 14.7 Å². The van der Waals surface area contributed by atoms with Gasteiger partial charge in [0.1, 0.15) is 0 Å². The lowest BCUT2D eigenvalue weighted by Gasteiger charge is -2.07. The van der Waals surface area contributed by atoms with E-state index in [0.29, 0.717) is 6.54 Å².